The molecule has 2 N–H and O–H groups in total. The summed E-state index contributed by atoms with van der Waals surface area (Å²) in [5, 5.41) is 4.38. The van der Waals surface area contributed by atoms with Gasteiger partial charge >= 0.3 is 0 Å². The number of nitrogens with one attached hydrogen (secondary N) is 2. The number of benzene rings is 2. The zero-order valence-electron chi connectivity index (χ0n) is 12.8. The summed E-state index contributed by atoms with van der Waals surface area (Å²) >= 11 is 5.93. The van der Waals surface area contributed by atoms with Crippen molar-refractivity contribution in [1.29, 1.82) is 0 Å². The SMILES string of the molecule is O=C(NCCCOc1ccc(F)cc1)c1cc2ccc(Cl)cc2[nH]1. The Balaban J connectivity index is 1.45. The van der Waals surface area contributed by atoms with Crippen LogP contribution in [0.15, 0.2) is 48.5 Å². The number of hydrogen-bond acceptors (Lipinski definition) is 2. The fourth-order valence-corrected chi connectivity index (χ4v) is 2.48. The van der Waals surface area contributed by atoms with Crippen molar-refractivity contribution in [3.8, 4) is 5.75 Å². The molecule has 0 aliphatic heterocycles. The van der Waals surface area contributed by atoms with Crippen molar-refractivity contribution in [2.75, 3.05) is 13.2 Å². The minimum atomic E-state index is -0.297. The highest BCUT2D eigenvalue weighted by atomic mass is 35.5. The average Bonchev–Trinajstić information content (AvgIpc) is 2.99. The van der Waals surface area contributed by atoms with E-state index in [9.17, 15) is 9.18 Å². The first-order valence-electron chi connectivity index (χ1n) is 7.57. The lowest BCUT2D eigenvalue weighted by Crippen LogP contribution is -2.25. The minimum Gasteiger partial charge on any atom is -0.494 e. The molecule has 1 aromatic heterocycles. The topological polar surface area (TPSA) is 54.1 Å². The molecule has 2 aromatic carbocycles. The predicted octanol–water partition coefficient (Wildman–Crippen LogP) is 4.16. The van der Waals surface area contributed by atoms with Gasteiger partial charge in [0.25, 0.3) is 5.91 Å². The van der Waals surface area contributed by atoms with Gasteiger partial charge in [0.2, 0.25) is 0 Å². The maximum Gasteiger partial charge on any atom is 0.267 e. The maximum absolute atomic E-state index is 12.8. The summed E-state index contributed by atoms with van der Waals surface area (Å²) in [5.41, 5.74) is 1.32. The largest absolute Gasteiger partial charge is 0.494 e. The van der Waals surface area contributed by atoms with Gasteiger partial charge in [-0.15, -0.1) is 0 Å². The van der Waals surface area contributed by atoms with E-state index in [0.29, 0.717) is 36.0 Å². The van der Waals surface area contributed by atoms with Crippen LogP contribution in [-0.4, -0.2) is 24.0 Å². The van der Waals surface area contributed by atoms with E-state index in [4.69, 9.17) is 16.3 Å². The molecule has 0 spiro atoms. The number of carbonyl (C=O) groups excluding carboxylic acids is 1. The fraction of sp³-hybridized carbons (Fsp3) is 0.167. The predicted molar refractivity (Wildman–Crippen MR) is 92.2 cm³/mol. The first kappa shape index (κ1) is 16.3. The quantitative estimate of drug-likeness (QED) is 0.658. The van der Waals surface area contributed by atoms with Gasteiger partial charge in [0.15, 0.2) is 0 Å². The first-order valence-corrected chi connectivity index (χ1v) is 7.94. The lowest BCUT2D eigenvalue weighted by Gasteiger charge is -2.06. The van der Waals surface area contributed by atoms with Crippen LogP contribution in [0.3, 0.4) is 0 Å². The second-order valence-corrected chi connectivity index (χ2v) is 5.76. The molecule has 0 saturated heterocycles. The van der Waals surface area contributed by atoms with Crippen LogP contribution < -0.4 is 10.1 Å². The van der Waals surface area contributed by atoms with Crippen molar-refractivity contribution >= 4 is 28.4 Å². The number of amides is 1. The van der Waals surface area contributed by atoms with E-state index in [2.05, 4.69) is 10.3 Å². The highest BCUT2D eigenvalue weighted by Crippen LogP contribution is 2.19. The van der Waals surface area contributed by atoms with Gasteiger partial charge in [-0.05, 0) is 48.9 Å². The van der Waals surface area contributed by atoms with Crippen LogP contribution in [-0.2, 0) is 0 Å². The number of aromatic nitrogens is 1. The van der Waals surface area contributed by atoms with Crippen LogP contribution in [0.2, 0.25) is 5.02 Å². The highest BCUT2D eigenvalue weighted by molar-refractivity contribution is 6.31. The van der Waals surface area contributed by atoms with Gasteiger partial charge in [-0.25, -0.2) is 4.39 Å². The third-order valence-electron chi connectivity index (χ3n) is 3.52. The van der Waals surface area contributed by atoms with E-state index in [1.165, 1.54) is 12.1 Å². The Kier molecular flexibility index (Phi) is 5.01. The molecular weight excluding hydrogens is 331 g/mol. The van der Waals surface area contributed by atoms with E-state index in [0.717, 1.165) is 10.9 Å². The van der Waals surface area contributed by atoms with E-state index < -0.39 is 0 Å². The van der Waals surface area contributed by atoms with Crippen LogP contribution in [0.25, 0.3) is 10.9 Å². The van der Waals surface area contributed by atoms with Crippen LogP contribution in [0.1, 0.15) is 16.9 Å². The van der Waals surface area contributed by atoms with Gasteiger partial charge in [-0.3, -0.25) is 4.79 Å². The van der Waals surface area contributed by atoms with Gasteiger partial charge in [-0.1, -0.05) is 17.7 Å². The molecule has 0 aliphatic carbocycles. The van der Waals surface area contributed by atoms with E-state index in [1.54, 1.807) is 30.3 Å². The fourth-order valence-electron chi connectivity index (χ4n) is 2.31. The number of rotatable bonds is 6. The molecule has 1 heterocycles. The molecule has 0 aliphatic rings. The number of fused-ring (bicyclic) bond motifs is 1. The first-order chi connectivity index (χ1) is 11.6. The number of ether oxygens (including phenoxy) is 1. The van der Waals surface area contributed by atoms with Crippen molar-refractivity contribution in [2.45, 2.75) is 6.42 Å². The van der Waals surface area contributed by atoms with E-state index >= 15 is 0 Å². The smallest absolute Gasteiger partial charge is 0.267 e. The van der Waals surface area contributed by atoms with Gasteiger partial charge in [0.1, 0.15) is 17.3 Å². The normalized spacial score (nSPS) is 10.8. The monoisotopic (exact) mass is 346 g/mol. The molecular formula is C18H16ClFN2O2. The van der Waals surface area contributed by atoms with Crippen molar-refractivity contribution in [1.82, 2.24) is 10.3 Å². The third-order valence-corrected chi connectivity index (χ3v) is 3.75. The molecule has 0 radical (unpaired) electrons. The number of hydrogen-bond donors (Lipinski definition) is 2. The van der Waals surface area contributed by atoms with Crippen LogP contribution in [0, 0.1) is 5.82 Å². The Morgan fingerprint density at radius 2 is 1.96 bits per heavy atom. The number of halogens is 2. The number of carbonyl (C=O) groups is 1. The van der Waals surface area contributed by atoms with Gasteiger partial charge in [0, 0.05) is 22.5 Å². The molecule has 3 aromatic rings. The van der Waals surface area contributed by atoms with Crippen molar-refractivity contribution < 1.29 is 13.9 Å². The molecule has 0 saturated carbocycles. The summed E-state index contributed by atoms with van der Waals surface area (Å²) in [7, 11) is 0. The Morgan fingerprint density at radius 1 is 1.17 bits per heavy atom. The van der Waals surface area contributed by atoms with Crippen molar-refractivity contribution in [3.63, 3.8) is 0 Å². The van der Waals surface area contributed by atoms with Crippen LogP contribution in [0.4, 0.5) is 4.39 Å². The van der Waals surface area contributed by atoms with Crippen LogP contribution in [0.5, 0.6) is 5.75 Å². The molecule has 3 rings (SSSR count). The second-order valence-electron chi connectivity index (χ2n) is 5.33. The highest BCUT2D eigenvalue weighted by Gasteiger charge is 2.09. The standard InChI is InChI=1S/C18H16ClFN2O2/c19-13-3-2-12-10-17(22-16(12)11-13)18(23)21-8-1-9-24-15-6-4-14(20)5-7-15/h2-7,10-11,22H,1,8-9H2,(H,21,23). The summed E-state index contributed by atoms with van der Waals surface area (Å²) in [5.74, 6) is 0.133. The Morgan fingerprint density at radius 3 is 2.75 bits per heavy atom. The molecule has 0 atom stereocenters. The lowest BCUT2D eigenvalue weighted by molar-refractivity contribution is 0.0947. The summed E-state index contributed by atoms with van der Waals surface area (Å²) in [4.78, 5) is 15.2. The van der Waals surface area contributed by atoms with Crippen molar-refractivity contribution in [3.05, 3.63) is 65.1 Å². The molecule has 4 nitrogen and oxygen atoms in total. The Bertz CT molecular complexity index is 846. The lowest BCUT2D eigenvalue weighted by atomic mass is 10.2. The number of H-pyrrole nitrogens is 1. The van der Waals surface area contributed by atoms with Crippen LogP contribution >= 0.6 is 11.6 Å². The number of aromatic amines is 1. The summed E-state index contributed by atoms with van der Waals surface area (Å²) in [6, 6.07) is 13.1. The summed E-state index contributed by atoms with van der Waals surface area (Å²) in [6.45, 7) is 0.921. The average molecular weight is 347 g/mol. The summed E-state index contributed by atoms with van der Waals surface area (Å²) in [6.07, 6.45) is 0.648. The molecule has 0 bridgehead atoms. The Labute approximate surface area is 143 Å². The Hall–Kier alpha value is -2.53. The van der Waals surface area contributed by atoms with E-state index in [1.807, 2.05) is 6.07 Å². The molecule has 124 valence electrons. The summed E-state index contributed by atoms with van der Waals surface area (Å²) < 4.78 is 18.2. The molecule has 6 heteroatoms. The zero-order chi connectivity index (χ0) is 16.9. The van der Waals surface area contributed by atoms with Crippen molar-refractivity contribution in [2.24, 2.45) is 0 Å². The van der Waals surface area contributed by atoms with Gasteiger partial charge < -0.3 is 15.0 Å². The maximum atomic E-state index is 12.8. The third kappa shape index (κ3) is 4.06. The molecule has 0 fully saturated rings. The minimum absolute atomic E-state index is 0.177. The van der Waals surface area contributed by atoms with Gasteiger partial charge in [0.05, 0.1) is 6.61 Å². The molecule has 1 amide bonds. The zero-order valence-corrected chi connectivity index (χ0v) is 13.6. The van der Waals surface area contributed by atoms with Gasteiger partial charge in [-0.2, -0.15) is 0 Å². The second kappa shape index (κ2) is 7.36. The molecule has 24 heavy (non-hydrogen) atoms. The molecule has 0 unspecified atom stereocenters. The van der Waals surface area contributed by atoms with E-state index in [-0.39, 0.29) is 11.7 Å².